The maximum absolute atomic E-state index is 12.1. The summed E-state index contributed by atoms with van der Waals surface area (Å²) in [7, 11) is 3.47. The van der Waals surface area contributed by atoms with Crippen LogP contribution in [0.2, 0.25) is 0 Å². The number of rotatable bonds is 7. The van der Waals surface area contributed by atoms with Crippen LogP contribution in [0.1, 0.15) is 12.1 Å². The summed E-state index contributed by atoms with van der Waals surface area (Å²) in [4.78, 5) is 22.6. The fourth-order valence-corrected chi connectivity index (χ4v) is 2.65. The summed E-state index contributed by atoms with van der Waals surface area (Å²) >= 11 is 1.51. The van der Waals surface area contributed by atoms with Crippen LogP contribution in [0.15, 0.2) is 29.8 Å². The van der Waals surface area contributed by atoms with Crippen molar-refractivity contribution in [1.29, 1.82) is 0 Å². The van der Waals surface area contributed by atoms with E-state index in [1.807, 2.05) is 30.6 Å². The summed E-state index contributed by atoms with van der Waals surface area (Å²) in [6.07, 6.45) is 2.91. The van der Waals surface area contributed by atoms with Gasteiger partial charge in [0.15, 0.2) is 0 Å². The highest BCUT2D eigenvalue weighted by Gasteiger charge is 2.12. The van der Waals surface area contributed by atoms with Crippen LogP contribution in [0.5, 0.6) is 0 Å². The predicted molar refractivity (Wildman–Crippen MR) is 83.2 cm³/mol. The molecule has 0 radical (unpaired) electrons. The molecule has 0 atom stereocenters. The van der Waals surface area contributed by atoms with E-state index < -0.39 is 0 Å². The molecular formula is C15H19N3O2S. The number of carbonyl (C=O) groups is 1. The molecule has 1 amide bonds. The molecule has 0 saturated heterocycles. The number of thiazole rings is 1. The number of nitrogens with zero attached hydrogens (tertiary/aromatic N) is 3. The summed E-state index contributed by atoms with van der Waals surface area (Å²) in [5.41, 5.74) is 1.64. The van der Waals surface area contributed by atoms with E-state index in [1.165, 1.54) is 11.3 Å². The molecule has 0 aliphatic heterocycles. The van der Waals surface area contributed by atoms with Crippen molar-refractivity contribution in [2.24, 2.45) is 0 Å². The molecule has 112 valence electrons. The van der Waals surface area contributed by atoms with Gasteiger partial charge in [-0.1, -0.05) is 6.07 Å². The molecule has 0 aliphatic rings. The summed E-state index contributed by atoms with van der Waals surface area (Å²) in [5, 5.41) is 2.77. The monoisotopic (exact) mass is 305 g/mol. The summed E-state index contributed by atoms with van der Waals surface area (Å²) in [5.74, 6) is 0.0731. The van der Waals surface area contributed by atoms with Gasteiger partial charge in [0, 0.05) is 38.9 Å². The highest BCUT2D eigenvalue weighted by atomic mass is 32.1. The third-order valence-corrected chi connectivity index (χ3v) is 3.95. The quantitative estimate of drug-likeness (QED) is 0.736. The van der Waals surface area contributed by atoms with E-state index in [2.05, 4.69) is 9.97 Å². The average Bonchev–Trinajstić information content (AvgIpc) is 2.97. The first-order valence-electron chi connectivity index (χ1n) is 6.79. The lowest BCUT2D eigenvalue weighted by molar-refractivity contribution is -0.129. The van der Waals surface area contributed by atoms with E-state index in [9.17, 15) is 4.79 Å². The second-order valence-electron chi connectivity index (χ2n) is 4.70. The van der Waals surface area contributed by atoms with Crippen molar-refractivity contribution in [1.82, 2.24) is 14.9 Å². The van der Waals surface area contributed by atoms with E-state index >= 15 is 0 Å². The largest absolute Gasteiger partial charge is 0.385 e. The standard InChI is InChI=1S/C15H19N3O2S/c1-18(8-5-9-20-2)14(19)10-12-11-21-15(17-12)13-6-3-4-7-16-13/h3-4,6-7,11H,5,8-10H2,1-2H3. The molecular weight excluding hydrogens is 286 g/mol. The van der Waals surface area contributed by atoms with Gasteiger partial charge in [0.25, 0.3) is 0 Å². The number of hydrogen-bond acceptors (Lipinski definition) is 5. The Balaban J connectivity index is 1.92. The molecule has 2 aromatic rings. The van der Waals surface area contributed by atoms with Crippen LogP contribution in [0.4, 0.5) is 0 Å². The Morgan fingerprint density at radius 2 is 2.29 bits per heavy atom. The predicted octanol–water partition coefficient (Wildman–Crippen LogP) is 2.24. The Kier molecular flexibility index (Phi) is 5.83. The van der Waals surface area contributed by atoms with Crippen molar-refractivity contribution in [3.63, 3.8) is 0 Å². The van der Waals surface area contributed by atoms with Crippen molar-refractivity contribution < 1.29 is 9.53 Å². The summed E-state index contributed by atoms with van der Waals surface area (Å²) in [6.45, 7) is 1.36. The van der Waals surface area contributed by atoms with Gasteiger partial charge in [-0.15, -0.1) is 11.3 Å². The summed E-state index contributed by atoms with van der Waals surface area (Å²) in [6, 6.07) is 5.72. The van der Waals surface area contributed by atoms with Gasteiger partial charge in [0.1, 0.15) is 5.01 Å². The fraction of sp³-hybridized carbons (Fsp3) is 0.400. The number of likely N-dealkylation sites (N-methyl/N-ethyl adjacent to an activating group) is 1. The molecule has 5 nitrogen and oxygen atoms in total. The maximum Gasteiger partial charge on any atom is 0.228 e. The lowest BCUT2D eigenvalue weighted by Crippen LogP contribution is -2.29. The molecule has 0 fully saturated rings. The molecule has 0 saturated carbocycles. The normalized spacial score (nSPS) is 10.6. The van der Waals surface area contributed by atoms with Gasteiger partial charge in [-0.05, 0) is 18.6 Å². The minimum atomic E-state index is 0.0731. The van der Waals surface area contributed by atoms with Crippen molar-refractivity contribution in [2.45, 2.75) is 12.8 Å². The summed E-state index contributed by atoms with van der Waals surface area (Å²) < 4.78 is 4.99. The number of pyridine rings is 1. The molecule has 6 heteroatoms. The first-order chi connectivity index (χ1) is 10.2. The zero-order chi connectivity index (χ0) is 15.1. The Bertz CT molecular complexity index is 571. The SMILES string of the molecule is COCCCN(C)C(=O)Cc1csc(-c2ccccn2)n1. The number of hydrogen-bond donors (Lipinski definition) is 0. The topological polar surface area (TPSA) is 55.3 Å². The van der Waals surface area contributed by atoms with E-state index in [0.717, 1.165) is 22.8 Å². The van der Waals surface area contributed by atoms with Gasteiger partial charge in [-0.2, -0.15) is 0 Å². The fourth-order valence-electron chi connectivity index (χ4n) is 1.86. The van der Waals surface area contributed by atoms with Crippen molar-refractivity contribution in [3.8, 4) is 10.7 Å². The molecule has 0 aromatic carbocycles. The van der Waals surface area contributed by atoms with Crippen LogP contribution in [-0.4, -0.2) is 48.1 Å². The van der Waals surface area contributed by atoms with Gasteiger partial charge in [0.05, 0.1) is 17.8 Å². The lowest BCUT2D eigenvalue weighted by Gasteiger charge is -2.16. The molecule has 0 aliphatic carbocycles. The second-order valence-corrected chi connectivity index (χ2v) is 5.56. The number of methoxy groups -OCH3 is 1. The van der Waals surface area contributed by atoms with Crippen LogP contribution >= 0.6 is 11.3 Å². The number of amides is 1. The molecule has 0 bridgehead atoms. The number of carbonyl (C=O) groups excluding carboxylic acids is 1. The maximum atomic E-state index is 12.1. The highest BCUT2D eigenvalue weighted by Crippen LogP contribution is 2.21. The third-order valence-electron chi connectivity index (χ3n) is 3.04. The Morgan fingerprint density at radius 1 is 1.43 bits per heavy atom. The third kappa shape index (κ3) is 4.61. The van der Waals surface area contributed by atoms with E-state index in [-0.39, 0.29) is 5.91 Å². The average molecular weight is 305 g/mol. The van der Waals surface area contributed by atoms with Gasteiger partial charge in [-0.3, -0.25) is 9.78 Å². The van der Waals surface area contributed by atoms with Crippen molar-refractivity contribution in [2.75, 3.05) is 27.3 Å². The Hall–Kier alpha value is -1.79. The minimum Gasteiger partial charge on any atom is -0.385 e. The molecule has 0 N–H and O–H groups in total. The van der Waals surface area contributed by atoms with Crippen LogP contribution in [0.25, 0.3) is 10.7 Å². The van der Waals surface area contributed by atoms with Crippen LogP contribution in [-0.2, 0) is 16.0 Å². The molecule has 2 heterocycles. The first-order valence-corrected chi connectivity index (χ1v) is 7.67. The van der Waals surface area contributed by atoms with Crippen LogP contribution in [0, 0.1) is 0 Å². The molecule has 2 aromatic heterocycles. The van der Waals surface area contributed by atoms with E-state index in [4.69, 9.17) is 4.74 Å². The molecule has 0 unspecified atom stereocenters. The van der Waals surface area contributed by atoms with E-state index in [0.29, 0.717) is 19.6 Å². The highest BCUT2D eigenvalue weighted by molar-refractivity contribution is 7.13. The Morgan fingerprint density at radius 3 is 3.00 bits per heavy atom. The van der Waals surface area contributed by atoms with Gasteiger partial charge in [0.2, 0.25) is 5.91 Å². The zero-order valence-electron chi connectivity index (χ0n) is 12.3. The van der Waals surface area contributed by atoms with Crippen LogP contribution < -0.4 is 0 Å². The zero-order valence-corrected chi connectivity index (χ0v) is 13.1. The van der Waals surface area contributed by atoms with Gasteiger partial charge < -0.3 is 9.64 Å². The van der Waals surface area contributed by atoms with Gasteiger partial charge in [-0.25, -0.2) is 4.98 Å². The second kappa shape index (κ2) is 7.85. The van der Waals surface area contributed by atoms with Crippen molar-refractivity contribution in [3.05, 3.63) is 35.5 Å². The number of aromatic nitrogens is 2. The number of ether oxygens (including phenoxy) is 1. The lowest BCUT2D eigenvalue weighted by atomic mass is 10.3. The smallest absolute Gasteiger partial charge is 0.228 e. The van der Waals surface area contributed by atoms with Crippen LogP contribution in [0.3, 0.4) is 0 Å². The van der Waals surface area contributed by atoms with Crippen molar-refractivity contribution >= 4 is 17.2 Å². The van der Waals surface area contributed by atoms with E-state index in [1.54, 1.807) is 18.2 Å². The molecule has 2 rings (SSSR count). The first kappa shape index (κ1) is 15.6. The van der Waals surface area contributed by atoms with Gasteiger partial charge >= 0.3 is 0 Å². The minimum absolute atomic E-state index is 0.0731. The molecule has 0 spiro atoms. The molecule has 21 heavy (non-hydrogen) atoms. The Labute approximate surface area is 128 Å².